The molecule has 3 rings (SSSR count). The maximum Gasteiger partial charge on any atom is 0.265 e. The Labute approximate surface area is 142 Å². The average molecular weight is 325 g/mol. The van der Waals surface area contributed by atoms with E-state index in [4.69, 9.17) is 9.47 Å². The molecule has 0 spiro atoms. The number of carbonyl (C=O) groups is 1. The molecule has 0 aromatic heterocycles. The van der Waals surface area contributed by atoms with Crippen molar-refractivity contribution in [3.05, 3.63) is 53.6 Å². The Morgan fingerprint density at radius 2 is 1.83 bits per heavy atom. The van der Waals surface area contributed by atoms with Crippen molar-refractivity contribution in [1.82, 2.24) is 0 Å². The van der Waals surface area contributed by atoms with Crippen LogP contribution in [0.25, 0.3) is 0 Å². The highest BCUT2D eigenvalue weighted by Gasteiger charge is 2.19. The number of rotatable bonds is 5. The van der Waals surface area contributed by atoms with E-state index in [1.807, 2.05) is 36.4 Å². The molecule has 24 heavy (non-hydrogen) atoms. The molecular formula is C20H23NO3. The predicted molar refractivity (Wildman–Crippen MR) is 94.8 cm³/mol. The van der Waals surface area contributed by atoms with E-state index >= 15 is 0 Å². The van der Waals surface area contributed by atoms with E-state index in [1.54, 1.807) is 14.0 Å². The number of ether oxygens (including phenoxy) is 2. The second-order valence-electron chi connectivity index (χ2n) is 6.08. The molecule has 0 saturated carbocycles. The number of carbonyl (C=O) groups excluding carboxylic acids is 1. The van der Waals surface area contributed by atoms with Crippen LogP contribution >= 0.6 is 0 Å². The standard InChI is InChI=1S/C20H23NO3/c1-14(20(22)21-16-10-12-17(23-2)13-11-16)24-19-9-5-7-15-6-3-4-8-18(15)19/h5,7,9-14H,3-4,6,8H2,1-2H3,(H,21,22)/t14-/m0/s1. The van der Waals surface area contributed by atoms with Gasteiger partial charge in [0.15, 0.2) is 6.10 Å². The number of anilines is 1. The summed E-state index contributed by atoms with van der Waals surface area (Å²) in [6, 6.07) is 13.4. The fourth-order valence-corrected chi connectivity index (χ4v) is 3.02. The maximum absolute atomic E-state index is 12.4. The van der Waals surface area contributed by atoms with Crippen molar-refractivity contribution < 1.29 is 14.3 Å². The number of amides is 1. The minimum atomic E-state index is -0.555. The summed E-state index contributed by atoms with van der Waals surface area (Å²) in [6.07, 6.45) is 3.97. The average Bonchev–Trinajstić information content (AvgIpc) is 2.62. The van der Waals surface area contributed by atoms with Crippen LogP contribution in [0.4, 0.5) is 5.69 Å². The smallest absolute Gasteiger partial charge is 0.265 e. The van der Waals surface area contributed by atoms with Crippen molar-refractivity contribution in [3.63, 3.8) is 0 Å². The lowest BCUT2D eigenvalue weighted by molar-refractivity contribution is -0.122. The van der Waals surface area contributed by atoms with Gasteiger partial charge in [-0.05, 0) is 74.1 Å². The third-order valence-corrected chi connectivity index (χ3v) is 4.38. The largest absolute Gasteiger partial charge is 0.497 e. The summed E-state index contributed by atoms with van der Waals surface area (Å²) in [5.41, 5.74) is 3.33. The highest BCUT2D eigenvalue weighted by atomic mass is 16.5. The molecule has 1 aliphatic carbocycles. The molecule has 2 aromatic rings. The van der Waals surface area contributed by atoms with Crippen LogP contribution in [0.2, 0.25) is 0 Å². The minimum Gasteiger partial charge on any atom is -0.497 e. The van der Waals surface area contributed by atoms with Gasteiger partial charge in [-0.25, -0.2) is 0 Å². The molecule has 0 saturated heterocycles. The normalized spacial score (nSPS) is 14.4. The van der Waals surface area contributed by atoms with E-state index in [0.717, 1.165) is 30.0 Å². The van der Waals surface area contributed by atoms with Gasteiger partial charge in [0.25, 0.3) is 5.91 Å². The summed E-state index contributed by atoms with van der Waals surface area (Å²) in [4.78, 5) is 12.4. The molecule has 0 bridgehead atoms. The van der Waals surface area contributed by atoms with Crippen LogP contribution in [0.5, 0.6) is 11.5 Å². The Morgan fingerprint density at radius 3 is 2.58 bits per heavy atom. The lowest BCUT2D eigenvalue weighted by Crippen LogP contribution is -2.30. The SMILES string of the molecule is COc1ccc(NC(=O)[C@H](C)Oc2cccc3c2CCCC3)cc1. The van der Waals surface area contributed by atoms with Gasteiger partial charge in [-0.1, -0.05) is 12.1 Å². The van der Waals surface area contributed by atoms with E-state index in [9.17, 15) is 4.79 Å². The van der Waals surface area contributed by atoms with Crippen LogP contribution < -0.4 is 14.8 Å². The van der Waals surface area contributed by atoms with Crippen LogP contribution in [0, 0.1) is 0 Å². The molecule has 0 fully saturated rings. The molecule has 1 amide bonds. The third-order valence-electron chi connectivity index (χ3n) is 4.38. The fourth-order valence-electron chi connectivity index (χ4n) is 3.02. The molecule has 2 aromatic carbocycles. The summed E-state index contributed by atoms with van der Waals surface area (Å²) in [5.74, 6) is 1.44. The van der Waals surface area contributed by atoms with Gasteiger partial charge in [0.2, 0.25) is 0 Å². The molecule has 1 N–H and O–H groups in total. The zero-order chi connectivity index (χ0) is 16.9. The number of hydrogen-bond acceptors (Lipinski definition) is 3. The molecule has 0 radical (unpaired) electrons. The number of hydrogen-bond donors (Lipinski definition) is 1. The topological polar surface area (TPSA) is 47.6 Å². The van der Waals surface area contributed by atoms with E-state index in [2.05, 4.69) is 11.4 Å². The van der Waals surface area contributed by atoms with Gasteiger partial charge in [-0.2, -0.15) is 0 Å². The highest BCUT2D eigenvalue weighted by Crippen LogP contribution is 2.30. The minimum absolute atomic E-state index is 0.159. The van der Waals surface area contributed by atoms with Crippen molar-refractivity contribution in [2.24, 2.45) is 0 Å². The van der Waals surface area contributed by atoms with Crippen molar-refractivity contribution in [2.75, 3.05) is 12.4 Å². The van der Waals surface area contributed by atoms with Crippen LogP contribution in [-0.2, 0) is 17.6 Å². The van der Waals surface area contributed by atoms with Crippen molar-refractivity contribution in [1.29, 1.82) is 0 Å². The Balaban J connectivity index is 1.66. The van der Waals surface area contributed by atoms with Crippen LogP contribution in [0.15, 0.2) is 42.5 Å². The quantitative estimate of drug-likeness (QED) is 0.904. The summed E-state index contributed by atoms with van der Waals surface area (Å²) < 4.78 is 11.1. The molecule has 1 atom stereocenters. The summed E-state index contributed by atoms with van der Waals surface area (Å²) >= 11 is 0. The first kappa shape index (κ1) is 16.4. The lowest BCUT2D eigenvalue weighted by Gasteiger charge is -2.22. The van der Waals surface area contributed by atoms with Crippen molar-refractivity contribution >= 4 is 11.6 Å². The van der Waals surface area contributed by atoms with Gasteiger partial charge in [0.05, 0.1) is 7.11 Å². The Bertz CT molecular complexity index is 709. The van der Waals surface area contributed by atoms with Gasteiger partial charge >= 0.3 is 0 Å². The zero-order valence-electron chi connectivity index (χ0n) is 14.2. The van der Waals surface area contributed by atoms with Gasteiger partial charge in [0.1, 0.15) is 11.5 Å². The fraction of sp³-hybridized carbons (Fsp3) is 0.350. The van der Waals surface area contributed by atoms with E-state index in [1.165, 1.54) is 24.0 Å². The van der Waals surface area contributed by atoms with Crippen LogP contribution in [-0.4, -0.2) is 19.1 Å². The van der Waals surface area contributed by atoms with Gasteiger partial charge in [-0.15, -0.1) is 0 Å². The molecule has 126 valence electrons. The number of fused-ring (bicyclic) bond motifs is 1. The van der Waals surface area contributed by atoms with Crippen LogP contribution in [0.3, 0.4) is 0 Å². The molecule has 1 aliphatic rings. The first-order valence-corrected chi connectivity index (χ1v) is 8.39. The first-order valence-electron chi connectivity index (χ1n) is 8.39. The third kappa shape index (κ3) is 3.70. The molecule has 0 aliphatic heterocycles. The predicted octanol–water partition coefficient (Wildman–Crippen LogP) is 3.98. The van der Waals surface area contributed by atoms with Crippen molar-refractivity contribution in [3.8, 4) is 11.5 Å². The van der Waals surface area contributed by atoms with Crippen molar-refractivity contribution in [2.45, 2.75) is 38.7 Å². The van der Waals surface area contributed by atoms with Gasteiger partial charge < -0.3 is 14.8 Å². The zero-order valence-corrected chi connectivity index (χ0v) is 14.2. The second kappa shape index (κ2) is 7.39. The maximum atomic E-state index is 12.4. The van der Waals surface area contributed by atoms with Crippen LogP contribution in [0.1, 0.15) is 30.9 Å². The molecule has 4 nitrogen and oxygen atoms in total. The van der Waals surface area contributed by atoms with E-state index in [0.29, 0.717) is 0 Å². The second-order valence-corrected chi connectivity index (χ2v) is 6.08. The number of methoxy groups -OCH3 is 1. The summed E-state index contributed by atoms with van der Waals surface area (Å²) in [5, 5.41) is 2.87. The monoisotopic (exact) mass is 325 g/mol. The van der Waals surface area contributed by atoms with Gasteiger partial charge in [0, 0.05) is 5.69 Å². The number of nitrogens with one attached hydrogen (secondary N) is 1. The Morgan fingerprint density at radius 1 is 1.08 bits per heavy atom. The summed E-state index contributed by atoms with van der Waals surface area (Å²) in [7, 11) is 1.62. The van der Waals surface area contributed by atoms with E-state index in [-0.39, 0.29) is 5.91 Å². The molecule has 4 heteroatoms. The number of benzene rings is 2. The summed E-state index contributed by atoms with van der Waals surface area (Å²) in [6.45, 7) is 1.78. The van der Waals surface area contributed by atoms with E-state index < -0.39 is 6.10 Å². The molecule has 0 unspecified atom stereocenters. The molecular weight excluding hydrogens is 302 g/mol. The highest BCUT2D eigenvalue weighted by molar-refractivity contribution is 5.94. The molecule has 0 heterocycles. The lowest BCUT2D eigenvalue weighted by atomic mass is 9.91. The van der Waals surface area contributed by atoms with Gasteiger partial charge in [-0.3, -0.25) is 4.79 Å². The Kier molecular flexibility index (Phi) is 5.04. The Hall–Kier alpha value is -2.49. The number of aryl methyl sites for hydroxylation is 1. The first-order chi connectivity index (χ1) is 11.7.